The van der Waals surface area contributed by atoms with Gasteiger partial charge in [-0.15, -0.1) is 0 Å². The first-order valence-corrected chi connectivity index (χ1v) is 9.36. The molecule has 0 aliphatic rings. The van der Waals surface area contributed by atoms with Crippen LogP contribution in [0.4, 0.5) is 4.39 Å². The molecule has 29 heavy (non-hydrogen) atoms. The van der Waals surface area contributed by atoms with Gasteiger partial charge in [0, 0.05) is 22.5 Å². The molecule has 4 rings (SSSR count). The molecule has 0 spiro atoms. The van der Waals surface area contributed by atoms with Crippen molar-refractivity contribution in [1.29, 1.82) is 0 Å². The van der Waals surface area contributed by atoms with Gasteiger partial charge in [0.2, 0.25) is 5.43 Å². The van der Waals surface area contributed by atoms with Crippen LogP contribution in [-0.4, -0.2) is 15.3 Å². The van der Waals surface area contributed by atoms with Crippen LogP contribution in [0.5, 0.6) is 0 Å². The molecule has 4 aromatic rings. The minimum Gasteiger partial charge on any atom is -0.327 e. The third-order valence-electron chi connectivity index (χ3n) is 4.70. The summed E-state index contributed by atoms with van der Waals surface area (Å²) in [5, 5.41) is 0.607. The maximum absolute atomic E-state index is 13.4. The second kappa shape index (κ2) is 7.60. The van der Waals surface area contributed by atoms with E-state index in [0.717, 1.165) is 5.69 Å². The fourth-order valence-corrected chi connectivity index (χ4v) is 3.45. The molecule has 4 nitrogen and oxygen atoms in total. The van der Waals surface area contributed by atoms with Crippen LogP contribution in [0, 0.1) is 12.7 Å². The van der Waals surface area contributed by atoms with Gasteiger partial charge in [-0.25, -0.2) is 9.37 Å². The van der Waals surface area contributed by atoms with E-state index in [4.69, 9.17) is 11.6 Å². The van der Waals surface area contributed by atoms with Crippen molar-refractivity contribution < 1.29 is 9.18 Å². The van der Waals surface area contributed by atoms with Gasteiger partial charge in [0.1, 0.15) is 11.5 Å². The second-order valence-corrected chi connectivity index (χ2v) is 7.16. The third kappa shape index (κ3) is 3.69. The zero-order valence-electron chi connectivity index (χ0n) is 15.5. The van der Waals surface area contributed by atoms with Gasteiger partial charge >= 0.3 is 0 Å². The topological polar surface area (TPSA) is 52.0 Å². The number of aryl methyl sites for hydroxylation is 1. The number of carbonyl (C=O) groups is 1. The summed E-state index contributed by atoms with van der Waals surface area (Å²) in [6.45, 7) is 2.06. The van der Waals surface area contributed by atoms with Crippen LogP contribution < -0.4 is 5.43 Å². The molecule has 0 atom stereocenters. The van der Waals surface area contributed by atoms with Crippen LogP contribution in [0.3, 0.4) is 0 Å². The Bertz CT molecular complexity index is 1300. The highest BCUT2D eigenvalue weighted by Gasteiger charge is 2.18. The smallest absolute Gasteiger partial charge is 0.202 e. The van der Waals surface area contributed by atoms with Crippen molar-refractivity contribution >= 4 is 28.4 Å². The maximum Gasteiger partial charge on any atom is 0.202 e. The second-order valence-electron chi connectivity index (χ2n) is 6.75. The van der Waals surface area contributed by atoms with Gasteiger partial charge < -0.3 is 4.57 Å². The van der Waals surface area contributed by atoms with Gasteiger partial charge in [0.05, 0.1) is 17.5 Å². The Morgan fingerprint density at radius 3 is 2.59 bits per heavy atom. The van der Waals surface area contributed by atoms with Crippen LogP contribution in [0.25, 0.3) is 11.0 Å². The number of nitrogens with zero attached hydrogens (tertiary/aromatic N) is 2. The summed E-state index contributed by atoms with van der Waals surface area (Å²) in [7, 11) is 0. The number of halogens is 2. The van der Waals surface area contributed by atoms with Crippen LogP contribution in [0.15, 0.2) is 71.7 Å². The molecule has 6 heteroatoms. The highest BCUT2D eigenvalue weighted by molar-refractivity contribution is 6.31. The summed E-state index contributed by atoms with van der Waals surface area (Å²) in [5.74, 6) is -0.797. The number of ketones is 1. The van der Waals surface area contributed by atoms with Crippen molar-refractivity contribution in [2.75, 3.05) is 0 Å². The minimum absolute atomic E-state index is 0.0487. The monoisotopic (exact) mass is 406 g/mol. The number of rotatable bonds is 4. The number of hydrogen-bond donors (Lipinski definition) is 0. The van der Waals surface area contributed by atoms with Gasteiger partial charge in [-0.05, 0) is 36.8 Å². The number of hydrogen-bond acceptors (Lipinski definition) is 3. The first kappa shape index (κ1) is 19.0. The minimum atomic E-state index is -0.433. The Hall–Kier alpha value is -3.31. The van der Waals surface area contributed by atoms with Gasteiger partial charge in [-0.3, -0.25) is 9.59 Å². The summed E-state index contributed by atoms with van der Waals surface area (Å²) >= 11 is 6.19. The van der Waals surface area contributed by atoms with E-state index in [1.165, 1.54) is 18.3 Å². The standard InChI is InChI=1S/C23H16ClFN2O2/c1-14-7-10-18-22(29)19(21(28)15-5-3-2-4-6-15)13-27(23(18)26-14)12-16-8-9-17(25)11-20(16)24/h2-11,13H,12H2,1H3. The molecule has 0 bridgehead atoms. The Morgan fingerprint density at radius 2 is 1.86 bits per heavy atom. The van der Waals surface area contributed by atoms with Crippen molar-refractivity contribution in [3.63, 3.8) is 0 Å². The van der Waals surface area contributed by atoms with Gasteiger partial charge in [-0.1, -0.05) is 48.0 Å². The number of aromatic nitrogens is 2. The Labute approximate surface area is 171 Å². The van der Waals surface area contributed by atoms with Gasteiger partial charge in [0.15, 0.2) is 5.78 Å². The molecule has 0 N–H and O–H groups in total. The van der Waals surface area contributed by atoms with E-state index < -0.39 is 5.82 Å². The van der Waals surface area contributed by atoms with E-state index in [1.54, 1.807) is 53.1 Å². The van der Waals surface area contributed by atoms with Crippen LogP contribution in [0.1, 0.15) is 27.2 Å². The zero-order valence-corrected chi connectivity index (χ0v) is 16.3. The van der Waals surface area contributed by atoms with Crippen molar-refractivity contribution in [1.82, 2.24) is 9.55 Å². The largest absolute Gasteiger partial charge is 0.327 e. The molecular formula is C23H16ClFN2O2. The molecule has 0 aliphatic heterocycles. The highest BCUT2D eigenvalue weighted by Crippen LogP contribution is 2.21. The fourth-order valence-electron chi connectivity index (χ4n) is 3.22. The lowest BCUT2D eigenvalue weighted by molar-refractivity contribution is 0.103. The molecule has 0 aliphatic carbocycles. The zero-order chi connectivity index (χ0) is 20.5. The Balaban J connectivity index is 1.92. The molecule has 2 aromatic heterocycles. The van der Waals surface area contributed by atoms with E-state index in [0.29, 0.717) is 22.2 Å². The summed E-state index contributed by atoms with van der Waals surface area (Å²) in [4.78, 5) is 30.5. The molecule has 144 valence electrons. The van der Waals surface area contributed by atoms with Crippen LogP contribution >= 0.6 is 11.6 Å². The molecule has 2 heterocycles. The van der Waals surface area contributed by atoms with Gasteiger partial charge in [0.25, 0.3) is 0 Å². The SMILES string of the molecule is Cc1ccc2c(=O)c(C(=O)c3ccccc3)cn(Cc3ccc(F)cc3Cl)c2n1. The molecule has 0 amide bonds. The summed E-state index contributed by atoms with van der Waals surface area (Å²) in [6.07, 6.45) is 1.51. The first-order valence-electron chi connectivity index (χ1n) is 8.98. The van der Waals surface area contributed by atoms with Crippen molar-refractivity contribution in [2.24, 2.45) is 0 Å². The lowest BCUT2D eigenvalue weighted by atomic mass is 10.0. The van der Waals surface area contributed by atoms with E-state index in [-0.39, 0.29) is 28.3 Å². The first-order chi connectivity index (χ1) is 13.9. The Kier molecular flexibility index (Phi) is 4.99. The summed E-state index contributed by atoms with van der Waals surface area (Å²) in [6, 6.07) is 16.2. The van der Waals surface area contributed by atoms with E-state index in [9.17, 15) is 14.0 Å². The van der Waals surface area contributed by atoms with E-state index >= 15 is 0 Å². The van der Waals surface area contributed by atoms with Crippen LogP contribution in [0.2, 0.25) is 5.02 Å². The predicted molar refractivity (Wildman–Crippen MR) is 111 cm³/mol. The number of carbonyl (C=O) groups excluding carboxylic acids is 1. The molecule has 0 saturated carbocycles. The molecular weight excluding hydrogens is 391 g/mol. The van der Waals surface area contributed by atoms with Crippen molar-refractivity contribution in [3.05, 3.63) is 110 Å². The van der Waals surface area contributed by atoms with E-state index in [1.807, 2.05) is 6.92 Å². The lowest BCUT2D eigenvalue weighted by Gasteiger charge is -2.14. The Morgan fingerprint density at radius 1 is 1.10 bits per heavy atom. The molecule has 0 fully saturated rings. The van der Waals surface area contributed by atoms with Gasteiger partial charge in [-0.2, -0.15) is 0 Å². The number of benzene rings is 2. The average Bonchev–Trinajstić information content (AvgIpc) is 2.72. The average molecular weight is 407 g/mol. The highest BCUT2D eigenvalue weighted by atomic mass is 35.5. The number of pyridine rings is 2. The lowest BCUT2D eigenvalue weighted by Crippen LogP contribution is -2.21. The molecule has 0 unspecified atom stereocenters. The quantitative estimate of drug-likeness (QED) is 0.458. The van der Waals surface area contributed by atoms with E-state index in [2.05, 4.69) is 4.98 Å². The number of fused-ring (bicyclic) bond motifs is 1. The fraction of sp³-hybridized carbons (Fsp3) is 0.0870. The molecule has 0 saturated heterocycles. The normalized spacial score (nSPS) is 11.0. The predicted octanol–water partition coefficient (Wildman–Crippen LogP) is 4.78. The summed E-state index contributed by atoms with van der Waals surface area (Å²) in [5.41, 5.74) is 1.93. The summed E-state index contributed by atoms with van der Waals surface area (Å²) < 4.78 is 15.1. The van der Waals surface area contributed by atoms with Crippen molar-refractivity contribution in [3.8, 4) is 0 Å². The molecule has 2 aromatic carbocycles. The molecule has 0 radical (unpaired) electrons. The third-order valence-corrected chi connectivity index (χ3v) is 5.05. The van der Waals surface area contributed by atoms with Crippen molar-refractivity contribution in [2.45, 2.75) is 13.5 Å². The van der Waals surface area contributed by atoms with Crippen LogP contribution in [-0.2, 0) is 6.54 Å². The maximum atomic E-state index is 13.4.